The monoisotopic (exact) mass is 339 g/mol. The second kappa shape index (κ2) is 6.86. The zero-order valence-electron chi connectivity index (χ0n) is 12.9. The van der Waals surface area contributed by atoms with Gasteiger partial charge in [-0.3, -0.25) is 4.72 Å². The lowest BCUT2D eigenvalue weighted by molar-refractivity contribution is 0.282. The number of benzene rings is 3. The summed E-state index contributed by atoms with van der Waals surface area (Å²) in [6.07, 6.45) is 0. The molecule has 3 aromatic rings. The van der Waals surface area contributed by atoms with Gasteiger partial charge < -0.3 is 5.11 Å². The van der Waals surface area contributed by atoms with E-state index in [0.717, 1.165) is 16.7 Å². The summed E-state index contributed by atoms with van der Waals surface area (Å²) >= 11 is 0. The van der Waals surface area contributed by atoms with Crippen LogP contribution >= 0.6 is 0 Å². The molecular weight excluding hydrogens is 322 g/mol. The first kappa shape index (κ1) is 16.2. The Bertz CT molecular complexity index is 903. The van der Waals surface area contributed by atoms with Crippen molar-refractivity contribution < 1.29 is 13.5 Å². The standard InChI is InChI=1S/C19H17NO3S/c21-14-15-6-10-18(11-7-15)20-24(22,23)19-12-8-17(9-13-19)16-4-2-1-3-5-16/h1-13,20-21H,14H2. The summed E-state index contributed by atoms with van der Waals surface area (Å²) < 4.78 is 27.4. The molecule has 3 rings (SSSR count). The number of hydrogen-bond acceptors (Lipinski definition) is 3. The Morgan fingerprint density at radius 1 is 0.750 bits per heavy atom. The summed E-state index contributed by atoms with van der Waals surface area (Å²) in [7, 11) is -3.64. The van der Waals surface area contributed by atoms with Gasteiger partial charge in [0.25, 0.3) is 10.0 Å². The third-order valence-electron chi connectivity index (χ3n) is 3.66. The first-order valence-corrected chi connectivity index (χ1v) is 8.95. The van der Waals surface area contributed by atoms with Crippen molar-refractivity contribution >= 4 is 15.7 Å². The summed E-state index contributed by atoms with van der Waals surface area (Å²) in [5.74, 6) is 0. The zero-order chi connectivity index (χ0) is 17.0. The molecule has 0 saturated heterocycles. The average molecular weight is 339 g/mol. The third kappa shape index (κ3) is 3.64. The largest absolute Gasteiger partial charge is 0.392 e. The van der Waals surface area contributed by atoms with E-state index in [2.05, 4.69) is 4.72 Å². The topological polar surface area (TPSA) is 66.4 Å². The predicted octanol–water partition coefficient (Wildman–Crippen LogP) is 3.65. The lowest BCUT2D eigenvalue weighted by Gasteiger charge is -2.09. The molecule has 0 spiro atoms. The van der Waals surface area contributed by atoms with Crippen LogP contribution in [0.3, 0.4) is 0 Å². The van der Waals surface area contributed by atoms with Crippen LogP contribution in [0.15, 0.2) is 83.8 Å². The maximum absolute atomic E-state index is 12.4. The molecule has 2 N–H and O–H groups in total. The summed E-state index contributed by atoms with van der Waals surface area (Å²) in [4.78, 5) is 0.202. The van der Waals surface area contributed by atoms with Gasteiger partial charge in [-0.1, -0.05) is 54.6 Å². The van der Waals surface area contributed by atoms with Crippen LogP contribution in [0.25, 0.3) is 11.1 Å². The maximum atomic E-state index is 12.4. The van der Waals surface area contributed by atoms with Gasteiger partial charge in [0.05, 0.1) is 11.5 Å². The third-order valence-corrected chi connectivity index (χ3v) is 5.06. The van der Waals surface area contributed by atoms with Gasteiger partial charge in [-0.05, 0) is 41.0 Å². The van der Waals surface area contributed by atoms with Crippen molar-refractivity contribution in [3.8, 4) is 11.1 Å². The highest BCUT2D eigenvalue weighted by Crippen LogP contribution is 2.22. The number of hydrogen-bond donors (Lipinski definition) is 2. The van der Waals surface area contributed by atoms with E-state index in [0.29, 0.717) is 5.69 Å². The van der Waals surface area contributed by atoms with Gasteiger partial charge in [0.2, 0.25) is 0 Å². The van der Waals surface area contributed by atoms with Gasteiger partial charge >= 0.3 is 0 Å². The quantitative estimate of drug-likeness (QED) is 0.746. The molecule has 0 aliphatic rings. The molecular formula is C19H17NO3S. The molecule has 0 aromatic heterocycles. The van der Waals surface area contributed by atoms with Crippen molar-refractivity contribution in [1.29, 1.82) is 0 Å². The van der Waals surface area contributed by atoms with E-state index in [4.69, 9.17) is 5.11 Å². The second-order valence-electron chi connectivity index (χ2n) is 5.35. The first-order chi connectivity index (χ1) is 11.6. The first-order valence-electron chi connectivity index (χ1n) is 7.46. The lowest BCUT2D eigenvalue weighted by atomic mass is 10.1. The van der Waals surface area contributed by atoms with Crippen molar-refractivity contribution in [3.05, 3.63) is 84.4 Å². The van der Waals surface area contributed by atoms with E-state index in [1.807, 2.05) is 30.3 Å². The molecule has 5 heteroatoms. The molecule has 4 nitrogen and oxygen atoms in total. The number of aliphatic hydroxyl groups is 1. The van der Waals surface area contributed by atoms with E-state index < -0.39 is 10.0 Å². The van der Waals surface area contributed by atoms with E-state index in [1.165, 1.54) is 0 Å². The van der Waals surface area contributed by atoms with Crippen LogP contribution in [0.1, 0.15) is 5.56 Å². The normalized spacial score (nSPS) is 11.2. The minimum absolute atomic E-state index is 0.0754. The molecule has 3 aromatic carbocycles. The Morgan fingerprint density at radius 3 is 1.92 bits per heavy atom. The summed E-state index contributed by atoms with van der Waals surface area (Å²) in [5, 5.41) is 9.02. The van der Waals surface area contributed by atoms with Crippen LogP contribution in [-0.2, 0) is 16.6 Å². The maximum Gasteiger partial charge on any atom is 0.261 e. The molecule has 122 valence electrons. The Balaban J connectivity index is 1.81. The van der Waals surface area contributed by atoms with Gasteiger partial charge in [-0.2, -0.15) is 0 Å². The Kier molecular flexibility index (Phi) is 4.64. The molecule has 0 aliphatic carbocycles. The van der Waals surface area contributed by atoms with Gasteiger partial charge in [0, 0.05) is 5.69 Å². The summed E-state index contributed by atoms with van der Waals surface area (Å²) in [5.41, 5.74) is 3.18. The number of sulfonamides is 1. The zero-order valence-corrected chi connectivity index (χ0v) is 13.7. The smallest absolute Gasteiger partial charge is 0.261 e. The molecule has 0 bridgehead atoms. The molecule has 0 radical (unpaired) electrons. The predicted molar refractivity (Wildman–Crippen MR) is 95.1 cm³/mol. The van der Waals surface area contributed by atoms with Crippen LogP contribution in [0.4, 0.5) is 5.69 Å². The van der Waals surface area contributed by atoms with Crippen LogP contribution < -0.4 is 4.72 Å². The van der Waals surface area contributed by atoms with Crippen LogP contribution in [0.5, 0.6) is 0 Å². The Hall–Kier alpha value is -2.63. The van der Waals surface area contributed by atoms with Crippen LogP contribution in [-0.4, -0.2) is 13.5 Å². The van der Waals surface area contributed by atoms with E-state index in [-0.39, 0.29) is 11.5 Å². The van der Waals surface area contributed by atoms with E-state index in [9.17, 15) is 8.42 Å². The van der Waals surface area contributed by atoms with Gasteiger partial charge in [-0.15, -0.1) is 0 Å². The molecule has 0 fully saturated rings. The molecule has 0 amide bonds. The second-order valence-corrected chi connectivity index (χ2v) is 7.03. The number of anilines is 1. The highest BCUT2D eigenvalue weighted by molar-refractivity contribution is 7.92. The Morgan fingerprint density at radius 2 is 1.33 bits per heavy atom. The van der Waals surface area contributed by atoms with Gasteiger partial charge in [0.1, 0.15) is 0 Å². The Labute approximate surface area is 141 Å². The number of nitrogens with one attached hydrogen (secondary N) is 1. The van der Waals surface area contributed by atoms with Crippen LogP contribution in [0, 0.1) is 0 Å². The fourth-order valence-electron chi connectivity index (χ4n) is 2.35. The van der Waals surface area contributed by atoms with Crippen molar-refractivity contribution in [3.63, 3.8) is 0 Å². The van der Waals surface area contributed by atoms with Gasteiger partial charge in [-0.25, -0.2) is 8.42 Å². The average Bonchev–Trinajstić information content (AvgIpc) is 2.63. The lowest BCUT2D eigenvalue weighted by Crippen LogP contribution is -2.12. The molecule has 0 unspecified atom stereocenters. The molecule has 0 saturated carbocycles. The van der Waals surface area contributed by atoms with E-state index in [1.54, 1.807) is 48.5 Å². The van der Waals surface area contributed by atoms with Crippen LogP contribution in [0.2, 0.25) is 0 Å². The van der Waals surface area contributed by atoms with Crippen molar-refractivity contribution in [2.75, 3.05) is 4.72 Å². The number of rotatable bonds is 5. The molecule has 0 atom stereocenters. The fourth-order valence-corrected chi connectivity index (χ4v) is 3.41. The van der Waals surface area contributed by atoms with Crippen molar-refractivity contribution in [2.24, 2.45) is 0 Å². The van der Waals surface area contributed by atoms with Crippen molar-refractivity contribution in [1.82, 2.24) is 0 Å². The highest BCUT2D eigenvalue weighted by Gasteiger charge is 2.14. The fraction of sp³-hybridized carbons (Fsp3) is 0.0526. The molecule has 0 heterocycles. The number of aliphatic hydroxyl groups excluding tert-OH is 1. The minimum atomic E-state index is -3.64. The van der Waals surface area contributed by atoms with Crippen molar-refractivity contribution in [2.45, 2.75) is 11.5 Å². The summed E-state index contributed by atoms with van der Waals surface area (Å²) in [6.45, 7) is -0.0754. The molecule has 24 heavy (non-hydrogen) atoms. The summed E-state index contributed by atoms with van der Waals surface area (Å²) in [6, 6.07) is 23.1. The van der Waals surface area contributed by atoms with E-state index >= 15 is 0 Å². The molecule has 0 aliphatic heterocycles. The van der Waals surface area contributed by atoms with Gasteiger partial charge in [0.15, 0.2) is 0 Å². The SMILES string of the molecule is O=S(=O)(Nc1ccc(CO)cc1)c1ccc(-c2ccccc2)cc1. The highest BCUT2D eigenvalue weighted by atomic mass is 32.2. The minimum Gasteiger partial charge on any atom is -0.392 e.